The Balaban J connectivity index is 0.000000318. The molecule has 158 valence electrons. The number of carbonyl (C=O) groups is 1. The van der Waals surface area contributed by atoms with Crippen LogP contribution >= 0.6 is 0 Å². The number of benzene rings is 2. The molecule has 0 amide bonds. The molecule has 0 bridgehead atoms. The third-order valence-corrected chi connectivity index (χ3v) is 4.53. The van der Waals surface area contributed by atoms with Crippen LogP contribution in [0.4, 0.5) is 28.9 Å². The third-order valence-electron chi connectivity index (χ3n) is 4.53. The van der Waals surface area contributed by atoms with Gasteiger partial charge in [-0.05, 0) is 36.6 Å². The van der Waals surface area contributed by atoms with Crippen LogP contribution in [0.2, 0.25) is 0 Å². The number of carbonyl (C=O) groups excluding carboxylic acids is 1. The molecule has 30 heavy (non-hydrogen) atoms. The lowest BCUT2D eigenvalue weighted by molar-refractivity contribution is -0.345. The minimum Gasteiger partial charge on any atom is -0.542 e. The first-order valence-electron chi connectivity index (χ1n) is 8.96. The molecule has 2 heterocycles. The molecular weight excluding hydrogens is 406 g/mol. The van der Waals surface area contributed by atoms with Gasteiger partial charge in [0.05, 0.1) is 16.3 Å². The molecule has 0 saturated carbocycles. The molecule has 0 atom stereocenters. The lowest BCUT2D eigenvalue weighted by Crippen LogP contribution is -2.61. The second kappa shape index (κ2) is 8.52. The van der Waals surface area contributed by atoms with E-state index in [2.05, 4.69) is 15.3 Å². The van der Waals surface area contributed by atoms with Crippen LogP contribution in [0.15, 0.2) is 35.3 Å². The van der Waals surface area contributed by atoms with Gasteiger partial charge in [0, 0.05) is 18.7 Å². The average Bonchev–Trinajstić information content (AvgIpc) is 3.13. The van der Waals surface area contributed by atoms with Gasteiger partial charge in [0.25, 0.3) is 5.69 Å². The van der Waals surface area contributed by atoms with Gasteiger partial charge in [-0.25, -0.2) is 9.38 Å². The van der Waals surface area contributed by atoms with Crippen molar-refractivity contribution in [3.63, 3.8) is 0 Å². The number of phenols is 1. The zero-order valence-electron chi connectivity index (χ0n) is 15.5. The van der Waals surface area contributed by atoms with E-state index >= 15 is 0 Å². The molecular formula is C20H17F4N3O3. The summed E-state index contributed by atoms with van der Waals surface area (Å²) in [5, 5.41) is 24.4. The Kier molecular flexibility index (Phi) is 6.04. The normalized spacial score (nSPS) is 13.8. The second-order valence-electron chi connectivity index (χ2n) is 6.58. The summed E-state index contributed by atoms with van der Waals surface area (Å²) in [6.45, 7) is 1.43. The fraction of sp³-hybridized carbons (Fsp3) is 0.250. The van der Waals surface area contributed by atoms with Gasteiger partial charge in [-0.2, -0.15) is 13.2 Å². The summed E-state index contributed by atoms with van der Waals surface area (Å²) in [4.78, 5) is 16.5. The summed E-state index contributed by atoms with van der Waals surface area (Å²) in [6.07, 6.45) is -1.59. The van der Waals surface area contributed by atoms with Gasteiger partial charge < -0.3 is 20.3 Å². The fourth-order valence-corrected chi connectivity index (χ4v) is 3.10. The van der Waals surface area contributed by atoms with E-state index in [4.69, 9.17) is 9.90 Å². The first kappa shape index (κ1) is 21.3. The summed E-state index contributed by atoms with van der Waals surface area (Å²) in [6, 6.07) is 8.37. The topological polar surface area (TPSA) is 98.7 Å². The lowest BCUT2D eigenvalue weighted by atomic mass is 10.1. The molecule has 2 aliphatic heterocycles. The van der Waals surface area contributed by atoms with E-state index in [1.54, 1.807) is 12.1 Å². The standard InChI is InChI=1S/C18H16FN3O.C2HF3O2/c19-13-3-1-11(2-4-13)5-7-21-15-9-14-16-12(6-8-20-14)10-22-17(16)18(15)23;3-2(4,5)1(6)7/h1-4,9-10,21,23H,5-8H2;(H,6,7). The number of hydrogen-bond donors (Lipinski definition) is 3. The first-order chi connectivity index (χ1) is 14.2. The molecule has 0 unspecified atom stereocenters. The van der Waals surface area contributed by atoms with Crippen molar-refractivity contribution in [2.24, 2.45) is 4.99 Å². The number of rotatable bonds is 4. The fourth-order valence-electron chi connectivity index (χ4n) is 3.10. The molecule has 2 aliphatic rings. The molecule has 0 aliphatic carbocycles. The van der Waals surface area contributed by atoms with Gasteiger partial charge in [0.15, 0.2) is 6.21 Å². The minimum atomic E-state index is -5.19. The smallest absolute Gasteiger partial charge is 0.430 e. The van der Waals surface area contributed by atoms with Crippen LogP contribution in [0.25, 0.3) is 5.57 Å². The Labute approximate surface area is 167 Å². The summed E-state index contributed by atoms with van der Waals surface area (Å²) < 4.78 is 44.5. The lowest BCUT2D eigenvalue weighted by Gasteiger charge is -2.10. The van der Waals surface area contributed by atoms with Crippen molar-refractivity contribution >= 4 is 29.1 Å². The number of nitrogens with zero attached hydrogens (tertiary/aromatic N) is 1. The number of aliphatic carboxylic acids is 1. The summed E-state index contributed by atoms with van der Waals surface area (Å²) in [7, 11) is 0. The Morgan fingerprint density at radius 1 is 1.27 bits per heavy atom. The SMILES string of the molecule is O=C([O-])C(F)(F)F.Oc1c(NCCc2ccc(F)cc2)cc2c3c1[NH+]=CC=3CCN=2. The number of halogens is 4. The molecule has 0 fully saturated rings. The van der Waals surface area contributed by atoms with E-state index in [9.17, 15) is 22.7 Å². The highest BCUT2D eigenvalue weighted by Gasteiger charge is 2.28. The highest BCUT2D eigenvalue weighted by atomic mass is 19.4. The van der Waals surface area contributed by atoms with E-state index in [1.807, 2.05) is 12.3 Å². The van der Waals surface area contributed by atoms with E-state index in [0.717, 1.165) is 41.2 Å². The molecule has 2 aromatic rings. The highest BCUT2D eigenvalue weighted by molar-refractivity contribution is 6.02. The number of phenolic OH excluding ortho intramolecular Hbond substituents is 1. The monoisotopic (exact) mass is 423 g/mol. The Morgan fingerprint density at radius 3 is 2.57 bits per heavy atom. The highest BCUT2D eigenvalue weighted by Crippen LogP contribution is 2.26. The molecule has 0 radical (unpaired) electrons. The van der Waals surface area contributed by atoms with Crippen LogP contribution in [0.3, 0.4) is 0 Å². The summed E-state index contributed by atoms with van der Waals surface area (Å²) in [5.41, 5.74) is 3.67. The largest absolute Gasteiger partial charge is 0.542 e. The summed E-state index contributed by atoms with van der Waals surface area (Å²) in [5.74, 6) is -3.01. The minimum absolute atomic E-state index is 0.228. The van der Waals surface area contributed by atoms with Gasteiger partial charge >= 0.3 is 6.18 Å². The van der Waals surface area contributed by atoms with E-state index in [0.29, 0.717) is 12.2 Å². The maximum atomic E-state index is 12.9. The number of hydrogen-bond acceptors (Lipinski definition) is 5. The van der Waals surface area contributed by atoms with Crippen molar-refractivity contribution in [2.45, 2.75) is 19.0 Å². The second-order valence-corrected chi connectivity index (χ2v) is 6.58. The van der Waals surface area contributed by atoms with Crippen LogP contribution in [-0.4, -0.2) is 36.6 Å². The van der Waals surface area contributed by atoms with Gasteiger partial charge in [-0.15, -0.1) is 0 Å². The van der Waals surface area contributed by atoms with Crippen molar-refractivity contribution in [2.75, 3.05) is 18.4 Å². The van der Waals surface area contributed by atoms with Gasteiger partial charge in [0.1, 0.15) is 11.8 Å². The van der Waals surface area contributed by atoms with Crippen LogP contribution in [0.5, 0.6) is 5.75 Å². The number of carboxylic acid groups (broad SMARTS) is 1. The third kappa shape index (κ3) is 4.76. The molecule has 10 heteroatoms. The molecule has 4 rings (SSSR count). The van der Waals surface area contributed by atoms with E-state index in [1.165, 1.54) is 17.7 Å². The van der Waals surface area contributed by atoms with Crippen molar-refractivity contribution in [1.82, 2.24) is 0 Å². The van der Waals surface area contributed by atoms with Crippen LogP contribution in [0, 0.1) is 5.82 Å². The Bertz CT molecular complexity index is 1110. The Hall–Kier alpha value is -3.43. The number of carboxylic acids is 1. The van der Waals surface area contributed by atoms with E-state index in [-0.39, 0.29) is 11.6 Å². The Morgan fingerprint density at radius 2 is 1.93 bits per heavy atom. The first-order valence-corrected chi connectivity index (χ1v) is 8.96. The quantitative estimate of drug-likeness (QED) is 0.454. The maximum Gasteiger partial charge on any atom is 0.430 e. The molecule has 0 spiro atoms. The molecule has 0 aromatic heterocycles. The van der Waals surface area contributed by atoms with Crippen LogP contribution < -0.4 is 26.0 Å². The van der Waals surface area contributed by atoms with Crippen LogP contribution in [-0.2, 0) is 11.2 Å². The summed E-state index contributed by atoms with van der Waals surface area (Å²) >= 11 is 0. The number of nitrogens with one attached hydrogen (secondary N) is 2. The van der Waals surface area contributed by atoms with Crippen molar-refractivity contribution in [1.29, 1.82) is 0 Å². The zero-order valence-corrected chi connectivity index (χ0v) is 15.5. The number of aromatic hydroxyl groups is 1. The predicted molar refractivity (Wildman–Crippen MR) is 98.1 cm³/mol. The molecule has 2 aromatic carbocycles. The maximum absolute atomic E-state index is 12.9. The number of anilines is 1. The van der Waals surface area contributed by atoms with Crippen molar-refractivity contribution in [3.8, 4) is 5.75 Å². The van der Waals surface area contributed by atoms with Gasteiger partial charge in [0.2, 0.25) is 5.75 Å². The van der Waals surface area contributed by atoms with Gasteiger partial charge in [-0.3, -0.25) is 4.99 Å². The predicted octanol–water partition coefficient (Wildman–Crippen LogP) is -0.545. The average molecular weight is 423 g/mol. The van der Waals surface area contributed by atoms with Crippen molar-refractivity contribution in [3.05, 3.63) is 52.3 Å². The zero-order chi connectivity index (χ0) is 21.9. The van der Waals surface area contributed by atoms with Gasteiger partial charge in [-0.1, -0.05) is 12.1 Å². The van der Waals surface area contributed by atoms with Crippen molar-refractivity contribution < 1.29 is 37.6 Å². The molecule has 3 N–H and O–H groups in total. The molecule has 6 nitrogen and oxygen atoms in total. The number of alkyl halides is 3. The molecule has 0 saturated heterocycles. The van der Waals surface area contributed by atoms with E-state index < -0.39 is 12.1 Å². The van der Waals surface area contributed by atoms with Crippen LogP contribution in [0.1, 0.15) is 12.0 Å².